The van der Waals surface area contributed by atoms with Crippen molar-refractivity contribution in [1.29, 1.82) is 0 Å². The number of hydrogen-bond donors (Lipinski definition) is 0. The Bertz CT molecular complexity index is 27.3. The quantitative estimate of drug-likeness (QED) is 0.388. The normalized spacial score (nSPS) is 11.1. The first kappa shape index (κ1) is 7.18. The van der Waals surface area contributed by atoms with Gasteiger partial charge in [0.25, 0.3) is 0 Å². The Kier molecular flexibility index (Phi) is 6.33. The van der Waals surface area contributed by atoms with Gasteiger partial charge >= 0.3 is 0 Å². The van der Waals surface area contributed by atoms with Gasteiger partial charge in [-0.1, -0.05) is 26.2 Å². The van der Waals surface area contributed by atoms with E-state index in [2.05, 4.69) is 6.92 Å². The Morgan fingerprint density at radius 1 is 1.43 bits per heavy atom. The minimum Gasteiger partial charge on any atom is -0.306 e. The third kappa shape index (κ3) is 6.18. The SMILES string of the molecule is CCCCC[SiH2][O]. The van der Waals surface area contributed by atoms with Crippen molar-refractivity contribution in [1.82, 2.24) is 0 Å². The van der Waals surface area contributed by atoms with E-state index in [1.54, 1.807) is 0 Å². The predicted molar refractivity (Wildman–Crippen MR) is 33.6 cm³/mol. The largest absolute Gasteiger partial charge is 0.306 e. The van der Waals surface area contributed by atoms with Gasteiger partial charge in [-0.15, -0.1) is 0 Å². The summed E-state index contributed by atoms with van der Waals surface area (Å²) in [6, 6.07) is 1.01. The van der Waals surface area contributed by atoms with Gasteiger partial charge in [-0.05, 0) is 6.04 Å². The molecular weight excluding hydrogens is 104 g/mol. The van der Waals surface area contributed by atoms with E-state index in [1.165, 1.54) is 19.3 Å². The third-order valence-corrected chi connectivity index (χ3v) is 1.79. The van der Waals surface area contributed by atoms with Crippen LogP contribution in [0.4, 0.5) is 0 Å². The fourth-order valence-corrected chi connectivity index (χ4v) is 1.09. The Balaban J connectivity index is 2.45. The van der Waals surface area contributed by atoms with E-state index < -0.39 is 9.76 Å². The van der Waals surface area contributed by atoms with E-state index in [1.807, 2.05) is 0 Å². The van der Waals surface area contributed by atoms with Gasteiger partial charge in [-0.2, -0.15) is 0 Å². The molecule has 7 heavy (non-hydrogen) atoms. The van der Waals surface area contributed by atoms with E-state index in [-0.39, 0.29) is 0 Å². The molecule has 0 N–H and O–H groups in total. The molecule has 43 valence electrons. The third-order valence-electron chi connectivity index (χ3n) is 0.998. The van der Waals surface area contributed by atoms with Crippen molar-refractivity contribution in [3.05, 3.63) is 0 Å². The van der Waals surface area contributed by atoms with Gasteiger partial charge in [0.05, 0.1) is 0 Å². The fraction of sp³-hybridized carbons (Fsp3) is 1.00. The van der Waals surface area contributed by atoms with E-state index in [0.29, 0.717) is 0 Å². The Morgan fingerprint density at radius 3 is 2.57 bits per heavy atom. The molecule has 1 radical (unpaired) electrons. The zero-order valence-electron chi connectivity index (χ0n) is 4.94. The summed E-state index contributed by atoms with van der Waals surface area (Å²) in [6.45, 7) is 2.16. The molecule has 0 aromatic rings. The van der Waals surface area contributed by atoms with Gasteiger partial charge in [0.15, 0.2) is 0 Å². The van der Waals surface area contributed by atoms with Gasteiger partial charge in [-0.3, -0.25) is 0 Å². The zero-order valence-corrected chi connectivity index (χ0v) is 6.36. The van der Waals surface area contributed by atoms with Crippen LogP contribution < -0.4 is 0 Å². The van der Waals surface area contributed by atoms with Crippen molar-refractivity contribution < 1.29 is 4.80 Å². The predicted octanol–water partition coefficient (Wildman–Crippen LogP) is 1.11. The summed E-state index contributed by atoms with van der Waals surface area (Å²) in [4.78, 5) is 9.94. The Labute approximate surface area is 47.7 Å². The Morgan fingerprint density at radius 2 is 2.14 bits per heavy atom. The smallest absolute Gasteiger partial charge is 0.207 e. The second kappa shape index (κ2) is 6.18. The van der Waals surface area contributed by atoms with Crippen LogP contribution in [0.3, 0.4) is 0 Å². The van der Waals surface area contributed by atoms with Crippen LogP contribution in [0.1, 0.15) is 26.2 Å². The van der Waals surface area contributed by atoms with Gasteiger partial charge in [0.1, 0.15) is 0 Å². The van der Waals surface area contributed by atoms with Crippen LogP contribution in [0.2, 0.25) is 6.04 Å². The van der Waals surface area contributed by atoms with Crippen molar-refractivity contribution in [3.8, 4) is 0 Å². The van der Waals surface area contributed by atoms with Crippen molar-refractivity contribution >= 4 is 9.76 Å². The molecule has 0 amide bonds. The highest BCUT2D eigenvalue weighted by Crippen LogP contribution is 1.96. The summed E-state index contributed by atoms with van der Waals surface area (Å²) >= 11 is 0. The first-order chi connectivity index (χ1) is 3.41. The highest BCUT2D eigenvalue weighted by molar-refractivity contribution is 6.24. The van der Waals surface area contributed by atoms with E-state index in [4.69, 9.17) is 0 Å². The van der Waals surface area contributed by atoms with Crippen LogP contribution in [-0.2, 0) is 4.80 Å². The molecule has 1 nitrogen and oxygen atoms in total. The molecule has 0 aromatic carbocycles. The summed E-state index contributed by atoms with van der Waals surface area (Å²) in [6.07, 6.45) is 3.69. The van der Waals surface area contributed by atoms with Gasteiger partial charge in [0.2, 0.25) is 9.76 Å². The second-order valence-corrected chi connectivity index (χ2v) is 2.88. The second-order valence-electron chi connectivity index (χ2n) is 1.76. The molecule has 0 rings (SSSR count). The highest BCUT2D eigenvalue weighted by Gasteiger charge is 1.83. The molecule has 0 fully saturated rings. The summed E-state index contributed by atoms with van der Waals surface area (Å²) in [7, 11) is -0.856. The highest BCUT2D eigenvalue weighted by atomic mass is 28.2. The van der Waals surface area contributed by atoms with E-state index in [0.717, 1.165) is 6.04 Å². The first-order valence-corrected chi connectivity index (χ1v) is 4.57. The van der Waals surface area contributed by atoms with E-state index >= 15 is 0 Å². The molecule has 0 atom stereocenters. The van der Waals surface area contributed by atoms with Crippen molar-refractivity contribution in [2.24, 2.45) is 0 Å². The number of rotatable bonds is 4. The summed E-state index contributed by atoms with van der Waals surface area (Å²) < 4.78 is 0. The molecular formula is C5H13OSi. The molecule has 0 saturated carbocycles. The van der Waals surface area contributed by atoms with Crippen LogP contribution in [-0.4, -0.2) is 9.76 Å². The lowest BCUT2D eigenvalue weighted by molar-refractivity contribution is 0.469. The zero-order chi connectivity index (χ0) is 5.54. The Hall–Kier alpha value is 0.177. The lowest BCUT2D eigenvalue weighted by Gasteiger charge is -1.88. The van der Waals surface area contributed by atoms with Crippen LogP contribution >= 0.6 is 0 Å². The van der Waals surface area contributed by atoms with Crippen LogP contribution in [0.25, 0.3) is 0 Å². The van der Waals surface area contributed by atoms with Crippen molar-refractivity contribution in [2.45, 2.75) is 32.2 Å². The number of unbranched alkanes of at least 4 members (excludes halogenated alkanes) is 2. The molecule has 0 heterocycles. The topological polar surface area (TPSA) is 19.9 Å². The fourth-order valence-electron chi connectivity index (χ4n) is 0.529. The van der Waals surface area contributed by atoms with Crippen molar-refractivity contribution in [2.75, 3.05) is 0 Å². The maximum Gasteiger partial charge on any atom is 0.207 e. The molecule has 0 aliphatic carbocycles. The lowest BCUT2D eigenvalue weighted by Crippen LogP contribution is -1.82. The standard InChI is InChI=1S/C5H13OSi/c1-2-3-4-5-7-6/h2-5,7H2,1H3. The van der Waals surface area contributed by atoms with E-state index in [9.17, 15) is 4.80 Å². The molecule has 0 aromatic heterocycles. The maximum atomic E-state index is 9.94. The van der Waals surface area contributed by atoms with Crippen LogP contribution in [0.5, 0.6) is 0 Å². The lowest BCUT2D eigenvalue weighted by atomic mass is 10.3. The van der Waals surface area contributed by atoms with Gasteiger partial charge in [-0.25, -0.2) is 0 Å². The first-order valence-electron chi connectivity index (χ1n) is 3.00. The number of hydrogen-bond acceptors (Lipinski definition) is 0. The minimum absolute atomic E-state index is 0.856. The average Bonchev–Trinajstić information content (AvgIpc) is 1.69. The molecule has 0 spiro atoms. The molecule has 0 aliphatic rings. The van der Waals surface area contributed by atoms with Crippen LogP contribution in [0, 0.1) is 0 Å². The monoisotopic (exact) mass is 117 g/mol. The summed E-state index contributed by atoms with van der Waals surface area (Å²) in [5, 5.41) is 0. The van der Waals surface area contributed by atoms with Crippen molar-refractivity contribution in [3.63, 3.8) is 0 Å². The average molecular weight is 117 g/mol. The minimum atomic E-state index is -0.856. The van der Waals surface area contributed by atoms with Gasteiger partial charge in [0, 0.05) is 0 Å². The molecule has 0 saturated heterocycles. The van der Waals surface area contributed by atoms with Crippen LogP contribution in [0.15, 0.2) is 0 Å². The molecule has 2 heteroatoms. The summed E-state index contributed by atoms with van der Waals surface area (Å²) in [5.41, 5.74) is 0. The molecule has 0 unspecified atom stereocenters. The maximum absolute atomic E-state index is 9.94. The summed E-state index contributed by atoms with van der Waals surface area (Å²) in [5.74, 6) is 0. The molecule has 0 bridgehead atoms. The van der Waals surface area contributed by atoms with Gasteiger partial charge < -0.3 is 4.80 Å². The molecule has 0 aliphatic heterocycles.